The Labute approximate surface area is 235 Å². The van der Waals surface area contributed by atoms with Gasteiger partial charge < -0.3 is 39.9 Å². The molecule has 0 saturated carbocycles. The maximum atomic E-state index is 6.15. The van der Waals surface area contributed by atoms with E-state index in [2.05, 4.69) is 6.58 Å². The van der Waals surface area contributed by atoms with E-state index in [1.54, 1.807) is 0 Å². The fourth-order valence-corrected chi connectivity index (χ4v) is 4.04. The van der Waals surface area contributed by atoms with Crippen LogP contribution in [0.25, 0.3) is 21.5 Å². The monoisotopic (exact) mass is 546 g/mol. The van der Waals surface area contributed by atoms with E-state index in [-0.39, 0.29) is 13.2 Å². The zero-order chi connectivity index (χ0) is 28.0. The Balaban J connectivity index is 1.39. The van der Waals surface area contributed by atoms with E-state index in [0.717, 1.165) is 27.1 Å². The molecule has 40 heavy (non-hydrogen) atoms. The lowest BCUT2D eigenvalue weighted by molar-refractivity contribution is 0.104. The maximum Gasteiger partial charge on any atom is 0.162 e. The molecule has 0 atom stereocenters. The fraction of sp³-hybridized carbons (Fsp3) is 0.312. The van der Waals surface area contributed by atoms with Crippen LogP contribution in [0.3, 0.4) is 0 Å². The SMILES string of the molecule is C=C(COc1cc2ccccc2cc1OCCOCCN)COc1cc2ccccc2cc1OCCOCCN. The van der Waals surface area contributed by atoms with Crippen molar-refractivity contribution < 1.29 is 28.4 Å². The number of rotatable bonds is 18. The molecule has 0 aliphatic carbocycles. The summed E-state index contributed by atoms with van der Waals surface area (Å²) in [6, 6.07) is 24.0. The van der Waals surface area contributed by atoms with Crippen LogP contribution in [-0.4, -0.2) is 65.9 Å². The van der Waals surface area contributed by atoms with Gasteiger partial charge in [0.1, 0.15) is 26.4 Å². The summed E-state index contributed by atoms with van der Waals surface area (Å²) in [6.07, 6.45) is 0. The van der Waals surface area contributed by atoms with E-state index >= 15 is 0 Å². The van der Waals surface area contributed by atoms with Gasteiger partial charge in [-0.05, 0) is 51.4 Å². The van der Waals surface area contributed by atoms with Crippen LogP contribution in [0.5, 0.6) is 23.0 Å². The topological polar surface area (TPSA) is 107 Å². The molecule has 0 saturated heterocycles. The third-order valence-electron chi connectivity index (χ3n) is 5.98. The quantitative estimate of drug-likeness (QED) is 0.136. The van der Waals surface area contributed by atoms with Crippen molar-refractivity contribution in [2.75, 3.05) is 65.9 Å². The predicted molar refractivity (Wildman–Crippen MR) is 159 cm³/mol. The van der Waals surface area contributed by atoms with Crippen molar-refractivity contribution in [2.24, 2.45) is 11.5 Å². The smallest absolute Gasteiger partial charge is 0.162 e. The lowest BCUT2D eigenvalue weighted by atomic mass is 10.1. The first-order valence-electron chi connectivity index (χ1n) is 13.5. The summed E-state index contributed by atoms with van der Waals surface area (Å²) < 4.78 is 35.2. The first-order chi connectivity index (χ1) is 19.7. The molecular weight excluding hydrogens is 508 g/mol. The molecule has 0 radical (unpaired) electrons. The second-order valence-corrected chi connectivity index (χ2v) is 9.12. The standard InChI is InChI=1S/C32H38N2O6/c1-24(22-39-31-20-27-8-4-2-6-25(27)18-29(31)37-16-14-35-12-10-33)23-40-32-21-28-9-5-3-7-26(28)19-30(32)38-17-15-36-13-11-34/h2-9,18-21H,1,10-17,22-23,33-34H2. The number of hydrogen-bond donors (Lipinski definition) is 2. The lowest BCUT2D eigenvalue weighted by Gasteiger charge is -2.17. The molecule has 8 nitrogen and oxygen atoms in total. The third kappa shape index (κ3) is 8.59. The van der Waals surface area contributed by atoms with Gasteiger partial charge in [0.2, 0.25) is 0 Å². The van der Waals surface area contributed by atoms with Crippen molar-refractivity contribution in [3.8, 4) is 23.0 Å². The Hall–Kier alpha value is -3.82. The number of ether oxygens (including phenoxy) is 6. The molecule has 4 aromatic carbocycles. The van der Waals surface area contributed by atoms with Crippen molar-refractivity contribution in [1.82, 2.24) is 0 Å². The Morgan fingerprint density at radius 3 is 1.20 bits per heavy atom. The summed E-state index contributed by atoms with van der Waals surface area (Å²) >= 11 is 0. The van der Waals surface area contributed by atoms with E-state index < -0.39 is 0 Å². The average molecular weight is 547 g/mol. The molecule has 4 N–H and O–H groups in total. The van der Waals surface area contributed by atoms with Crippen molar-refractivity contribution >= 4 is 21.5 Å². The molecule has 8 heteroatoms. The van der Waals surface area contributed by atoms with Crippen LogP contribution in [0.15, 0.2) is 84.9 Å². The summed E-state index contributed by atoms with van der Waals surface area (Å²) in [5, 5.41) is 4.23. The molecule has 0 fully saturated rings. The first kappa shape index (κ1) is 29.2. The van der Waals surface area contributed by atoms with Gasteiger partial charge in [-0.15, -0.1) is 0 Å². The second kappa shape index (κ2) is 15.7. The molecule has 212 valence electrons. The summed E-state index contributed by atoms with van der Waals surface area (Å²) in [5.74, 6) is 2.55. The highest BCUT2D eigenvalue weighted by Gasteiger charge is 2.12. The summed E-state index contributed by atoms with van der Waals surface area (Å²) in [7, 11) is 0. The molecule has 0 heterocycles. The molecule has 0 amide bonds. The molecule has 0 aliphatic heterocycles. The van der Waals surface area contributed by atoms with Crippen LogP contribution in [0.1, 0.15) is 0 Å². The molecule has 0 aromatic heterocycles. The summed E-state index contributed by atoms with van der Waals surface area (Å²) in [4.78, 5) is 0. The lowest BCUT2D eigenvalue weighted by Crippen LogP contribution is -2.14. The van der Waals surface area contributed by atoms with Gasteiger partial charge >= 0.3 is 0 Å². The van der Waals surface area contributed by atoms with Gasteiger partial charge in [0.15, 0.2) is 23.0 Å². The Morgan fingerprint density at radius 1 is 0.500 bits per heavy atom. The Kier molecular flexibility index (Phi) is 11.4. The molecule has 4 aromatic rings. The van der Waals surface area contributed by atoms with Crippen molar-refractivity contribution in [3.05, 3.63) is 84.9 Å². The van der Waals surface area contributed by atoms with Crippen molar-refractivity contribution in [3.63, 3.8) is 0 Å². The Bertz CT molecular complexity index is 1270. The van der Waals surface area contributed by atoms with E-state index in [1.807, 2.05) is 72.8 Å². The molecule has 4 rings (SSSR count). The van der Waals surface area contributed by atoms with Crippen LogP contribution >= 0.6 is 0 Å². The second-order valence-electron chi connectivity index (χ2n) is 9.12. The minimum Gasteiger partial charge on any atom is -0.487 e. The maximum absolute atomic E-state index is 6.15. The van der Waals surface area contributed by atoms with Gasteiger partial charge in [-0.3, -0.25) is 0 Å². The summed E-state index contributed by atoms with van der Waals surface area (Å²) in [6.45, 7) is 8.30. The Morgan fingerprint density at radius 2 is 0.850 bits per heavy atom. The van der Waals surface area contributed by atoms with Crippen LogP contribution in [0.2, 0.25) is 0 Å². The van der Waals surface area contributed by atoms with Gasteiger partial charge in [0.05, 0.1) is 26.4 Å². The fourth-order valence-electron chi connectivity index (χ4n) is 4.04. The van der Waals surface area contributed by atoms with Gasteiger partial charge in [-0.1, -0.05) is 55.1 Å². The number of hydrogen-bond acceptors (Lipinski definition) is 8. The zero-order valence-electron chi connectivity index (χ0n) is 22.8. The highest BCUT2D eigenvalue weighted by molar-refractivity contribution is 5.86. The van der Waals surface area contributed by atoms with Gasteiger partial charge in [0.25, 0.3) is 0 Å². The highest BCUT2D eigenvalue weighted by atomic mass is 16.5. The normalized spacial score (nSPS) is 11.1. The third-order valence-corrected chi connectivity index (χ3v) is 5.98. The zero-order valence-corrected chi connectivity index (χ0v) is 22.8. The van der Waals surface area contributed by atoms with Crippen LogP contribution in [0.4, 0.5) is 0 Å². The van der Waals surface area contributed by atoms with Gasteiger partial charge in [-0.2, -0.15) is 0 Å². The van der Waals surface area contributed by atoms with E-state index in [1.165, 1.54) is 0 Å². The van der Waals surface area contributed by atoms with Gasteiger partial charge in [0, 0.05) is 13.1 Å². The number of nitrogens with two attached hydrogens (primary N) is 2. The van der Waals surface area contributed by atoms with E-state index in [9.17, 15) is 0 Å². The number of fused-ring (bicyclic) bond motifs is 2. The van der Waals surface area contributed by atoms with E-state index in [4.69, 9.17) is 39.9 Å². The van der Waals surface area contributed by atoms with Gasteiger partial charge in [-0.25, -0.2) is 0 Å². The predicted octanol–water partition coefficient (Wildman–Crippen LogP) is 4.72. The minimum absolute atomic E-state index is 0.259. The van der Waals surface area contributed by atoms with Crippen molar-refractivity contribution in [2.45, 2.75) is 0 Å². The molecule has 0 bridgehead atoms. The van der Waals surface area contributed by atoms with Crippen LogP contribution in [-0.2, 0) is 9.47 Å². The molecular formula is C32H38N2O6. The molecule has 0 aliphatic rings. The minimum atomic E-state index is 0.259. The first-order valence-corrected chi connectivity index (χ1v) is 13.5. The van der Waals surface area contributed by atoms with Crippen LogP contribution in [0, 0.1) is 0 Å². The number of benzene rings is 4. The molecule has 0 unspecified atom stereocenters. The molecule has 0 spiro atoms. The van der Waals surface area contributed by atoms with Crippen LogP contribution < -0.4 is 30.4 Å². The summed E-state index contributed by atoms with van der Waals surface area (Å²) in [5.41, 5.74) is 11.7. The van der Waals surface area contributed by atoms with E-state index in [0.29, 0.717) is 75.7 Å². The van der Waals surface area contributed by atoms with Crippen molar-refractivity contribution in [1.29, 1.82) is 0 Å². The largest absolute Gasteiger partial charge is 0.487 e. The highest BCUT2D eigenvalue weighted by Crippen LogP contribution is 2.34. The average Bonchev–Trinajstić information content (AvgIpc) is 2.98.